The van der Waals surface area contributed by atoms with Crippen LogP contribution in [0.25, 0.3) is 6.08 Å². The summed E-state index contributed by atoms with van der Waals surface area (Å²) >= 11 is 0. The predicted octanol–water partition coefficient (Wildman–Crippen LogP) is 5.28. The minimum atomic E-state index is -0.0339. The summed E-state index contributed by atoms with van der Waals surface area (Å²) in [5.41, 5.74) is 2.63. The third-order valence-corrected chi connectivity index (χ3v) is 7.25. The first-order valence-corrected chi connectivity index (χ1v) is 10.4. The van der Waals surface area contributed by atoms with Crippen LogP contribution in [0.4, 0.5) is 5.69 Å². The lowest BCUT2D eigenvalue weighted by atomic mass is 9.48. The van der Waals surface area contributed by atoms with E-state index in [0.717, 1.165) is 40.5 Å². The Hall–Kier alpha value is -2.62. The molecule has 7 rings (SSSR count). The van der Waals surface area contributed by atoms with Crippen molar-refractivity contribution in [3.8, 4) is 0 Å². The molecule has 0 spiro atoms. The molecule has 4 heteroatoms. The molecule has 142 valence electrons. The van der Waals surface area contributed by atoms with Gasteiger partial charge < -0.3 is 4.42 Å². The van der Waals surface area contributed by atoms with Crippen LogP contribution >= 0.6 is 0 Å². The molecule has 1 aromatic carbocycles. The number of nitrogens with zero attached hydrogens (tertiary/aromatic N) is 2. The molecule has 0 saturated heterocycles. The van der Waals surface area contributed by atoms with Gasteiger partial charge in [-0.1, -0.05) is 18.2 Å². The van der Waals surface area contributed by atoms with E-state index in [1.807, 2.05) is 48.5 Å². The summed E-state index contributed by atoms with van der Waals surface area (Å²) in [4.78, 5) is 13.4. The Morgan fingerprint density at radius 3 is 2.25 bits per heavy atom. The number of amides is 1. The van der Waals surface area contributed by atoms with E-state index in [9.17, 15) is 4.79 Å². The summed E-state index contributed by atoms with van der Waals surface area (Å²) in [7, 11) is 0. The van der Waals surface area contributed by atoms with Crippen molar-refractivity contribution in [1.82, 2.24) is 0 Å². The van der Waals surface area contributed by atoms with Gasteiger partial charge in [0.25, 0.3) is 5.91 Å². The highest BCUT2D eigenvalue weighted by molar-refractivity contribution is 6.34. The highest BCUT2D eigenvalue weighted by atomic mass is 16.3. The molecule has 28 heavy (non-hydrogen) atoms. The molecule has 0 radical (unpaired) electrons. The lowest BCUT2D eigenvalue weighted by Crippen LogP contribution is -2.50. The Kier molecular flexibility index (Phi) is 3.47. The molecule has 4 aliphatic carbocycles. The number of carbonyl (C=O) groups is 1. The van der Waals surface area contributed by atoms with Crippen molar-refractivity contribution < 1.29 is 9.21 Å². The van der Waals surface area contributed by atoms with Crippen LogP contribution in [0.3, 0.4) is 0 Å². The first-order chi connectivity index (χ1) is 13.7. The van der Waals surface area contributed by atoms with E-state index in [4.69, 9.17) is 9.52 Å². The Bertz CT molecular complexity index is 936. The lowest BCUT2D eigenvalue weighted by Gasteiger charge is -2.56. The van der Waals surface area contributed by atoms with Crippen LogP contribution in [0, 0.1) is 23.2 Å². The smallest absolute Gasteiger partial charge is 0.280 e. The van der Waals surface area contributed by atoms with E-state index < -0.39 is 0 Å². The van der Waals surface area contributed by atoms with Gasteiger partial charge in [0.2, 0.25) is 0 Å². The second-order valence-corrected chi connectivity index (χ2v) is 9.17. The molecular formula is C24H24N2O2. The van der Waals surface area contributed by atoms with Crippen molar-refractivity contribution in [1.29, 1.82) is 0 Å². The number of benzene rings is 1. The summed E-state index contributed by atoms with van der Waals surface area (Å²) in [6.07, 6.45) is 11.2. The van der Waals surface area contributed by atoms with Crippen molar-refractivity contribution in [2.75, 3.05) is 5.01 Å². The van der Waals surface area contributed by atoms with Crippen LogP contribution in [0.5, 0.6) is 0 Å². The number of anilines is 1. The number of carbonyl (C=O) groups excluding carboxylic acids is 1. The molecule has 2 aromatic rings. The predicted molar refractivity (Wildman–Crippen MR) is 109 cm³/mol. The number of hydrazone groups is 1. The van der Waals surface area contributed by atoms with Gasteiger partial charge in [-0.2, -0.15) is 10.1 Å². The average molecular weight is 372 g/mol. The Morgan fingerprint density at radius 2 is 1.64 bits per heavy atom. The third kappa shape index (κ3) is 2.43. The maximum absolute atomic E-state index is 13.4. The Labute approximate surface area is 164 Å². The summed E-state index contributed by atoms with van der Waals surface area (Å²) < 4.78 is 5.55. The van der Waals surface area contributed by atoms with E-state index in [2.05, 4.69) is 0 Å². The van der Waals surface area contributed by atoms with Crippen molar-refractivity contribution in [2.24, 2.45) is 28.3 Å². The first kappa shape index (κ1) is 16.3. The summed E-state index contributed by atoms with van der Waals surface area (Å²) in [5.74, 6) is 3.10. The Balaban J connectivity index is 1.47. The lowest BCUT2D eigenvalue weighted by molar-refractivity contribution is -0.114. The van der Waals surface area contributed by atoms with Gasteiger partial charge in [0.05, 0.1) is 23.2 Å². The summed E-state index contributed by atoms with van der Waals surface area (Å²) in [6.45, 7) is 0. The van der Waals surface area contributed by atoms with E-state index in [1.54, 1.807) is 11.3 Å². The normalized spacial score (nSPS) is 35.1. The fourth-order valence-corrected chi connectivity index (χ4v) is 6.60. The standard InChI is InChI=1S/C24H24N2O2/c27-23-21(12-20-7-4-8-28-20)22(25-26(23)19-5-2-1-3-6-19)24-13-16-9-17(14-24)11-18(10-16)15-24/h1-8,12,16-18H,9-11,13-15H2. The number of furan rings is 1. The zero-order valence-electron chi connectivity index (χ0n) is 15.9. The van der Waals surface area contributed by atoms with Gasteiger partial charge >= 0.3 is 0 Å². The molecule has 0 N–H and O–H groups in total. The molecule has 4 fully saturated rings. The molecule has 1 aromatic heterocycles. The maximum Gasteiger partial charge on any atom is 0.280 e. The van der Waals surface area contributed by atoms with Crippen LogP contribution < -0.4 is 5.01 Å². The third-order valence-electron chi connectivity index (χ3n) is 7.25. The molecular weight excluding hydrogens is 348 g/mol. The minimum absolute atomic E-state index is 0.0339. The quantitative estimate of drug-likeness (QED) is 0.688. The van der Waals surface area contributed by atoms with Crippen LogP contribution in [0.2, 0.25) is 0 Å². The largest absolute Gasteiger partial charge is 0.465 e. The topological polar surface area (TPSA) is 45.8 Å². The maximum atomic E-state index is 13.4. The average Bonchev–Trinajstić information content (AvgIpc) is 3.31. The fraction of sp³-hybridized carbons (Fsp3) is 0.417. The molecule has 4 bridgehead atoms. The van der Waals surface area contributed by atoms with Gasteiger partial charge in [0, 0.05) is 5.41 Å². The van der Waals surface area contributed by atoms with Crippen molar-refractivity contribution in [3.63, 3.8) is 0 Å². The van der Waals surface area contributed by atoms with E-state index in [1.165, 1.54) is 38.5 Å². The molecule has 0 atom stereocenters. The number of hydrogen-bond acceptors (Lipinski definition) is 3. The number of hydrogen-bond donors (Lipinski definition) is 0. The number of rotatable bonds is 3. The SMILES string of the molecule is O=C1C(=Cc2ccco2)C(C23CC4CC(CC(C4)C2)C3)=NN1c1ccccc1. The van der Waals surface area contributed by atoms with Crippen LogP contribution in [-0.4, -0.2) is 11.6 Å². The monoisotopic (exact) mass is 372 g/mol. The molecule has 4 nitrogen and oxygen atoms in total. The zero-order chi connectivity index (χ0) is 18.7. The highest BCUT2D eigenvalue weighted by Crippen LogP contribution is 2.61. The van der Waals surface area contributed by atoms with Crippen LogP contribution in [0.15, 0.2) is 63.8 Å². The van der Waals surface area contributed by atoms with E-state index in [-0.39, 0.29) is 11.3 Å². The summed E-state index contributed by atoms with van der Waals surface area (Å²) in [6, 6.07) is 13.6. The first-order valence-electron chi connectivity index (χ1n) is 10.4. The van der Waals surface area contributed by atoms with Crippen LogP contribution in [0.1, 0.15) is 44.3 Å². The van der Waals surface area contributed by atoms with Gasteiger partial charge in [-0.25, -0.2) is 0 Å². The highest BCUT2D eigenvalue weighted by Gasteiger charge is 2.56. The minimum Gasteiger partial charge on any atom is -0.465 e. The molecule has 1 amide bonds. The molecule has 1 aliphatic heterocycles. The van der Waals surface area contributed by atoms with E-state index in [0.29, 0.717) is 0 Å². The second-order valence-electron chi connectivity index (χ2n) is 9.17. The molecule has 2 heterocycles. The van der Waals surface area contributed by atoms with E-state index >= 15 is 0 Å². The zero-order valence-corrected chi connectivity index (χ0v) is 15.9. The van der Waals surface area contributed by atoms with Gasteiger partial charge in [-0.05, 0) is 86.6 Å². The van der Waals surface area contributed by atoms with Crippen LogP contribution in [-0.2, 0) is 4.79 Å². The van der Waals surface area contributed by atoms with Gasteiger partial charge in [0.15, 0.2) is 0 Å². The van der Waals surface area contributed by atoms with Gasteiger partial charge in [-0.3, -0.25) is 4.79 Å². The fourth-order valence-electron chi connectivity index (χ4n) is 6.60. The van der Waals surface area contributed by atoms with Gasteiger partial charge in [-0.15, -0.1) is 0 Å². The Morgan fingerprint density at radius 1 is 0.964 bits per heavy atom. The van der Waals surface area contributed by atoms with Gasteiger partial charge in [0.1, 0.15) is 5.76 Å². The molecule has 4 saturated carbocycles. The molecule has 0 unspecified atom stereocenters. The summed E-state index contributed by atoms with van der Waals surface area (Å²) in [5, 5.41) is 6.58. The van der Waals surface area contributed by atoms with Crippen molar-refractivity contribution in [2.45, 2.75) is 38.5 Å². The van der Waals surface area contributed by atoms with Crippen molar-refractivity contribution in [3.05, 3.63) is 60.1 Å². The van der Waals surface area contributed by atoms with Crippen molar-refractivity contribution >= 4 is 23.4 Å². The number of para-hydroxylation sites is 1. The molecule has 5 aliphatic rings. The second kappa shape index (κ2) is 5.94.